The molecule has 2 N–H and O–H groups in total. The maximum Gasteiger partial charge on any atom is 0.264 e. The van der Waals surface area contributed by atoms with Crippen LogP contribution in [-0.2, 0) is 10.0 Å². The van der Waals surface area contributed by atoms with E-state index in [1.165, 1.54) is 30.5 Å². The predicted octanol–water partition coefficient (Wildman–Crippen LogP) is 1.77. The number of benzene rings is 1. The van der Waals surface area contributed by atoms with Gasteiger partial charge in [0, 0.05) is 6.20 Å². The number of nitriles is 1. The van der Waals surface area contributed by atoms with Crippen LogP contribution in [0.1, 0.15) is 11.3 Å². The molecule has 1 aromatic heterocycles. The van der Waals surface area contributed by atoms with E-state index in [1.54, 1.807) is 19.1 Å². The summed E-state index contributed by atoms with van der Waals surface area (Å²) in [4.78, 5) is 3.47. The number of aromatic hydroxyl groups is 1. The first kappa shape index (κ1) is 13.8. The maximum absolute atomic E-state index is 12.2. The number of pyridine rings is 1. The highest BCUT2D eigenvalue weighted by Gasteiger charge is 2.20. The quantitative estimate of drug-likeness (QED) is 0.838. The van der Waals surface area contributed by atoms with Crippen LogP contribution >= 0.6 is 0 Å². The average Bonchev–Trinajstić information content (AvgIpc) is 2.42. The minimum absolute atomic E-state index is 0.0535. The van der Waals surface area contributed by atoms with Crippen LogP contribution in [-0.4, -0.2) is 18.5 Å². The molecule has 7 heteroatoms. The van der Waals surface area contributed by atoms with Crippen molar-refractivity contribution in [3.8, 4) is 11.8 Å². The minimum Gasteiger partial charge on any atom is -0.506 e. The summed E-state index contributed by atoms with van der Waals surface area (Å²) in [5.74, 6) is -0.193. The molecular weight excluding hydrogens is 278 g/mol. The van der Waals surface area contributed by atoms with Gasteiger partial charge in [-0.15, -0.1) is 0 Å². The van der Waals surface area contributed by atoms with Crippen molar-refractivity contribution in [3.63, 3.8) is 0 Å². The van der Waals surface area contributed by atoms with Crippen LogP contribution in [0, 0.1) is 18.3 Å². The van der Waals surface area contributed by atoms with Gasteiger partial charge in [0.15, 0.2) is 5.69 Å². The summed E-state index contributed by atoms with van der Waals surface area (Å²) >= 11 is 0. The highest BCUT2D eigenvalue weighted by atomic mass is 32.2. The SMILES string of the molecule is Cc1ccc(O)c(NS(=O)(=O)c2cccnc2C#N)c1. The molecule has 0 atom stereocenters. The second-order valence-electron chi connectivity index (χ2n) is 4.09. The molecule has 0 amide bonds. The summed E-state index contributed by atoms with van der Waals surface area (Å²) in [6.07, 6.45) is 1.34. The molecule has 0 bridgehead atoms. The smallest absolute Gasteiger partial charge is 0.264 e. The summed E-state index contributed by atoms with van der Waals surface area (Å²) in [6, 6.07) is 8.96. The van der Waals surface area contributed by atoms with Gasteiger partial charge in [-0.25, -0.2) is 13.4 Å². The van der Waals surface area contributed by atoms with Crippen LogP contribution in [0.15, 0.2) is 41.4 Å². The Kier molecular flexibility index (Phi) is 3.59. The fourth-order valence-corrected chi connectivity index (χ4v) is 2.80. The fraction of sp³-hybridized carbons (Fsp3) is 0.0769. The Morgan fingerprint density at radius 1 is 1.35 bits per heavy atom. The molecule has 0 radical (unpaired) electrons. The van der Waals surface area contributed by atoms with Gasteiger partial charge >= 0.3 is 0 Å². The summed E-state index contributed by atoms with van der Waals surface area (Å²) in [7, 11) is -3.99. The number of nitrogens with zero attached hydrogens (tertiary/aromatic N) is 2. The average molecular weight is 289 g/mol. The van der Waals surface area contributed by atoms with Crippen molar-refractivity contribution in [2.75, 3.05) is 4.72 Å². The monoisotopic (exact) mass is 289 g/mol. The molecule has 1 heterocycles. The van der Waals surface area contributed by atoms with Gasteiger partial charge in [0.25, 0.3) is 10.0 Å². The van der Waals surface area contributed by atoms with Crippen LogP contribution in [0.2, 0.25) is 0 Å². The Bertz CT molecular complexity index is 795. The topological polar surface area (TPSA) is 103 Å². The Morgan fingerprint density at radius 3 is 2.80 bits per heavy atom. The third-order valence-corrected chi connectivity index (χ3v) is 3.96. The van der Waals surface area contributed by atoms with Crippen molar-refractivity contribution < 1.29 is 13.5 Å². The largest absolute Gasteiger partial charge is 0.506 e. The Hall–Kier alpha value is -2.59. The van der Waals surface area contributed by atoms with Crippen LogP contribution in [0.25, 0.3) is 0 Å². The minimum atomic E-state index is -3.99. The Labute approximate surface area is 116 Å². The van der Waals surface area contributed by atoms with E-state index in [0.717, 1.165) is 5.56 Å². The van der Waals surface area contributed by atoms with Crippen molar-refractivity contribution in [2.45, 2.75) is 11.8 Å². The van der Waals surface area contributed by atoms with Crippen molar-refractivity contribution in [1.29, 1.82) is 5.26 Å². The van der Waals surface area contributed by atoms with E-state index in [2.05, 4.69) is 9.71 Å². The van der Waals surface area contributed by atoms with Gasteiger partial charge < -0.3 is 5.11 Å². The summed E-state index contributed by atoms with van der Waals surface area (Å²) in [5, 5.41) is 18.6. The number of phenolic OH excluding ortho intramolecular Hbond substituents is 1. The van der Waals surface area contributed by atoms with Crippen molar-refractivity contribution in [2.24, 2.45) is 0 Å². The molecule has 0 saturated carbocycles. The van der Waals surface area contributed by atoms with E-state index in [9.17, 15) is 13.5 Å². The number of anilines is 1. The lowest BCUT2D eigenvalue weighted by atomic mass is 10.2. The van der Waals surface area contributed by atoms with Crippen LogP contribution < -0.4 is 4.72 Å². The molecule has 0 aliphatic carbocycles. The molecule has 2 aromatic rings. The van der Waals surface area contributed by atoms with Gasteiger partial charge in [-0.05, 0) is 36.8 Å². The summed E-state index contributed by atoms with van der Waals surface area (Å²) < 4.78 is 26.7. The third kappa shape index (κ3) is 2.70. The number of aryl methyl sites for hydroxylation is 1. The molecule has 102 valence electrons. The number of sulfonamides is 1. The number of aromatic nitrogens is 1. The maximum atomic E-state index is 12.2. The van der Waals surface area contributed by atoms with Gasteiger partial charge in [0.05, 0.1) is 5.69 Å². The zero-order chi connectivity index (χ0) is 14.8. The van der Waals surface area contributed by atoms with E-state index >= 15 is 0 Å². The van der Waals surface area contributed by atoms with Crippen LogP contribution in [0.3, 0.4) is 0 Å². The first-order valence-corrected chi connectivity index (χ1v) is 7.10. The molecule has 0 saturated heterocycles. The molecule has 0 unspecified atom stereocenters. The van der Waals surface area contributed by atoms with Crippen molar-refractivity contribution in [3.05, 3.63) is 47.8 Å². The van der Waals surface area contributed by atoms with E-state index in [1.807, 2.05) is 0 Å². The van der Waals surface area contributed by atoms with Crippen molar-refractivity contribution in [1.82, 2.24) is 4.98 Å². The number of nitrogens with one attached hydrogen (secondary N) is 1. The predicted molar refractivity (Wildman–Crippen MR) is 72.6 cm³/mol. The second kappa shape index (κ2) is 5.19. The van der Waals surface area contributed by atoms with Gasteiger partial charge in [0.1, 0.15) is 16.7 Å². The van der Waals surface area contributed by atoms with E-state index in [-0.39, 0.29) is 22.0 Å². The number of hydrogen-bond acceptors (Lipinski definition) is 5. The van der Waals surface area contributed by atoms with Gasteiger partial charge in [-0.2, -0.15) is 5.26 Å². The number of phenols is 1. The molecule has 0 fully saturated rings. The molecule has 0 aliphatic rings. The van der Waals surface area contributed by atoms with E-state index in [4.69, 9.17) is 5.26 Å². The van der Waals surface area contributed by atoms with E-state index < -0.39 is 10.0 Å². The molecule has 6 nitrogen and oxygen atoms in total. The zero-order valence-corrected chi connectivity index (χ0v) is 11.3. The zero-order valence-electron chi connectivity index (χ0n) is 10.5. The highest BCUT2D eigenvalue weighted by Crippen LogP contribution is 2.27. The molecule has 2 rings (SSSR count). The molecule has 20 heavy (non-hydrogen) atoms. The lowest BCUT2D eigenvalue weighted by molar-refractivity contribution is 0.477. The number of rotatable bonds is 3. The lowest BCUT2D eigenvalue weighted by Crippen LogP contribution is -2.15. The first-order chi connectivity index (χ1) is 9.44. The Balaban J connectivity index is 2.47. The molecule has 0 aliphatic heterocycles. The fourth-order valence-electron chi connectivity index (χ4n) is 1.62. The Morgan fingerprint density at radius 2 is 2.10 bits per heavy atom. The van der Waals surface area contributed by atoms with E-state index in [0.29, 0.717) is 0 Å². The lowest BCUT2D eigenvalue weighted by Gasteiger charge is -2.10. The first-order valence-electron chi connectivity index (χ1n) is 5.61. The second-order valence-corrected chi connectivity index (χ2v) is 5.74. The van der Waals surface area contributed by atoms with Gasteiger partial charge in [-0.1, -0.05) is 6.07 Å². The molecule has 0 spiro atoms. The normalized spacial score (nSPS) is 10.8. The van der Waals surface area contributed by atoms with Crippen molar-refractivity contribution >= 4 is 15.7 Å². The molecular formula is C13H11N3O3S. The van der Waals surface area contributed by atoms with Crippen LogP contribution in [0.4, 0.5) is 5.69 Å². The highest BCUT2D eigenvalue weighted by molar-refractivity contribution is 7.92. The van der Waals surface area contributed by atoms with Crippen LogP contribution in [0.5, 0.6) is 5.75 Å². The number of hydrogen-bond donors (Lipinski definition) is 2. The van der Waals surface area contributed by atoms with Gasteiger partial charge in [0.2, 0.25) is 0 Å². The van der Waals surface area contributed by atoms with Gasteiger partial charge in [-0.3, -0.25) is 4.72 Å². The standard InChI is InChI=1S/C13H11N3O3S/c1-9-4-5-12(17)10(7-9)16-20(18,19)13-3-2-6-15-11(13)8-14/h2-7,16-17H,1H3. The molecule has 1 aromatic carbocycles. The summed E-state index contributed by atoms with van der Waals surface area (Å²) in [5.41, 5.74) is 0.636. The summed E-state index contributed by atoms with van der Waals surface area (Å²) in [6.45, 7) is 1.77. The third-order valence-electron chi connectivity index (χ3n) is 2.56.